The molecule has 1 N–H and O–H groups in total. The molecule has 0 atom stereocenters. The molecular formula is C22H23N5O3S. The maximum absolute atomic E-state index is 13.2. The molecule has 5 rings (SSSR count). The van der Waals surface area contributed by atoms with E-state index in [0.717, 1.165) is 54.3 Å². The minimum atomic E-state index is -3.75. The second kappa shape index (κ2) is 7.49. The van der Waals surface area contributed by atoms with E-state index < -0.39 is 10.0 Å². The zero-order valence-corrected chi connectivity index (χ0v) is 17.9. The largest absolute Gasteiger partial charge is 0.356 e. The van der Waals surface area contributed by atoms with E-state index in [1.54, 1.807) is 42.7 Å². The number of benzene rings is 1. The number of nitrogens with zero attached hydrogens (tertiary/aromatic N) is 4. The lowest BCUT2D eigenvalue weighted by molar-refractivity contribution is -0.110. The predicted molar refractivity (Wildman–Crippen MR) is 117 cm³/mol. The Bertz CT molecular complexity index is 1370. The average Bonchev–Trinajstić information content (AvgIpc) is 3.36. The highest BCUT2D eigenvalue weighted by Gasteiger charge is 2.27. The van der Waals surface area contributed by atoms with Crippen LogP contribution in [0.25, 0.3) is 22.1 Å². The van der Waals surface area contributed by atoms with E-state index in [0.29, 0.717) is 5.65 Å². The van der Waals surface area contributed by atoms with Crippen LogP contribution in [0.3, 0.4) is 0 Å². The highest BCUT2D eigenvalue weighted by molar-refractivity contribution is 7.90. The summed E-state index contributed by atoms with van der Waals surface area (Å²) in [4.78, 5) is 20.1. The first kappa shape index (κ1) is 19.7. The normalized spacial score (nSPS) is 19.6. The Morgan fingerprint density at radius 1 is 1.10 bits per heavy atom. The molecule has 1 aliphatic rings. The van der Waals surface area contributed by atoms with E-state index in [4.69, 9.17) is 4.98 Å². The van der Waals surface area contributed by atoms with Crippen LogP contribution in [0, 0.1) is 6.92 Å². The number of hydrogen-bond donors (Lipinski definition) is 1. The Kier molecular flexibility index (Phi) is 4.77. The smallest absolute Gasteiger partial charge is 0.269 e. The Balaban J connectivity index is 1.63. The number of fused-ring (bicyclic) bond motifs is 3. The summed E-state index contributed by atoms with van der Waals surface area (Å²) in [6.45, 7) is 1.97. The maximum atomic E-state index is 13.2. The van der Waals surface area contributed by atoms with Gasteiger partial charge < -0.3 is 9.88 Å². The first-order chi connectivity index (χ1) is 15.0. The number of nitrogens with one attached hydrogen (secondary N) is 1. The van der Waals surface area contributed by atoms with Crippen LogP contribution in [0.5, 0.6) is 0 Å². The van der Waals surface area contributed by atoms with Gasteiger partial charge in [-0.25, -0.2) is 22.4 Å². The SMILES string of the molecule is Cc1nc2cnc3c(ccn3S(=O)(=O)c3ccccc3)c2n1C1CCC(NC=O)CC1. The number of aromatic nitrogens is 4. The van der Waals surface area contributed by atoms with Crippen molar-refractivity contribution in [2.45, 2.75) is 49.6 Å². The molecule has 0 aliphatic heterocycles. The molecule has 1 amide bonds. The number of aryl methyl sites for hydroxylation is 1. The molecule has 1 saturated carbocycles. The summed E-state index contributed by atoms with van der Waals surface area (Å²) >= 11 is 0. The molecule has 1 aromatic carbocycles. The maximum Gasteiger partial charge on any atom is 0.269 e. The van der Waals surface area contributed by atoms with E-state index in [1.165, 1.54) is 3.97 Å². The summed E-state index contributed by atoms with van der Waals surface area (Å²) in [7, 11) is -3.75. The van der Waals surface area contributed by atoms with Gasteiger partial charge in [-0.15, -0.1) is 0 Å². The molecule has 160 valence electrons. The number of carbonyl (C=O) groups excluding carboxylic acids is 1. The third-order valence-corrected chi connectivity index (χ3v) is 7.85. The quantitative estimate of drug-likeness (QED) is 0.484. The first-order valence-electron chi connectivity index (χ1n) is 10.4. The van der Waals surface area contributed by atoms with Crippen LogP contribution in [0.1, 0.15) is 37.5 Å². The van der Waals surface area contributed by atoms with Gasteiger partial charge in [0.2, 0.25) is 6.41 Å². The molecule has 0 spiro atoms. The van der Waals surface area contributed by atoms with Crippen molar-refractivity contribution in [2.75, 3.05) is 0 Å². The van der Waals surface area contributed by atoms with E-state index >= 15 is 0 Å². The van der Waals surface area contributed by atoms with E-state index in [2.05, 4.69) is 14.9 Å². The van der Waals surface area contributed by atoms with Gasteiger partial charge in [-0.05, 0) is 50.8 Å². The van der Waals surface area contributed by atoms with Gasteiger partial charge in [-0.1, -0.05) is 18.2 Å². The number of hydrogen-bond acceptors (Lipinski definition) is 5. The average molecular weight is 438 g/mol. The van der Waals surface area contributed by atoms with Crippen molar-refractivity contribution in [3.8, 4) is 0 Å². The van der Waals surface area contributed by atoms with Gasteiger partial charge >= 0.3 is 0 Å². The van der Waals surface area contributed by atoms with Crippen LogP contribution in [-0.2, 0) is 14.8 Å². The fraction of sp³-hybridized carbons (Fsp3) is 0.318. The highest BCUT2D eigenvalue weighted by Crippen LogP contribution is 2.35. The predicted octanol–water partition coefficient (Wildman–Crippen LogP) is 3.16. The molecule has 0 radical (unpaired) electrons. The molecule has 0 bridgehead atoms. The van der Waals surface area contributed by atoms with Gasteiger partial charge in [-0.3, -0.25) is 4.79 Å². The molecule has 8 nitrogen and oxygen atoms in total. The summed E-state index contributed by atoms with van der Waals surface area (Å²) in [6, 6.07) is 10.6. The zero-order valence-electron chi connectivity index (χ0n) is 17.1. The van der Waals surface area contributed by atoms with Crippen LogP contribution in [0.4, 0.5) is 0 Å². The summed E-state index contributed by atoms with van der Waals surface area (Å²) in [6.07, 6.45) is 7.64. The minimum absolute atomic E-state index is 0.211. The van der Waals surface area contributed by atoms with Gasteiger partial charge in [0.25, 0.3) is 10.0 Å². The van der Waals surface area contributed by atoms with Crippen molar-refractivity contribution in [2.24, 2.45) is 0 Å². The topological polar surface area (TPSA) is 98.9 Å². The Morgan fingerprint density at radius 3 is 2.55 bits per heavy atom. The molecule has 0 unspecified atom stereocenters. The third kappa shape index (κ3) is 3.20. The van der Waals surface area contributed by atoms with Gasteiger partial charge in [-0.2, -0.15) is 0 Å². The number of rotatable bonds is 5. The van der Waals surface area contributed by atoms with Crippen LogP contribution >= 0.6 is 0 Å². The summed E-state index contributed by atoms with van der Waals surface area (Å²) in [5, 5.41) is 3.65. The molecule has 1 fully saturated rings. The van der Waals surface area contributed by atoms with Crippen molar-refractivity contribution in [3.05, 3.63) is 54.6 Å². The summed E-state index contributed by atoms with van der Waals surface area (Å²) in [5.41, 5.74) is 2.07. The molecule has 1 aliphatic carbocycles. The highest BCUT2D eigenvalue weighted by atomic mass is 32.2. The lowest BCUT2D eigenvalue weighted by atomic mass is 9.91. The van der Waals surface area contributed by atoms with Crippen molar-refractivity contribution in [3.63, 3.8) is 0 Å². The van der Waals surface area contributed by atoms with E-state index in [1.807, 2.05) is 13.0 Å². The van der Waals surface area contributed by atoms with Gasteiger partial charge in [0.15, 0.2) is 5.65 Å². The standard InChI is InChI=1S/C22H23N5O3S/c1-15-25-20-13-23-22-19(11-12-26(22)31(29,30)18-5-3-2-4-6-18)21(20)27(15)17-9-7-16(8-10-17)24-14-28/h2-6,11-14,16-17H,7-10H2,1H3,(H,24,28). The van der Waals surface area contributed by atoms with Crippen LogP contribution in [0.2, 0.25) is 0 Å². The van der Waals surface area contributed by atoms with Gasteiger partial charge in [0.05, 0.1) is 16.6 Å². The molecule has 3 aromatic heterocycles. The number of amides is 1. The van der Waals surface area contributed by atoms with Gasteiger partial charge in [0.1, 0.15) is 11.3 Å². The Hall–Kier alpha value is -3.20. The lowest BCUT2D eigenvalue weighted by Crippen LogP contribution is -2.33. The van der Waals surface area contributed by atoms with Crippen molar-refractivity contribution in [1.29, 1.82) is 0 Å². The van der Waals surface area contributed by atoms with Crippen LogP contribution < -0.4 is 5.32 Å². The number of imidazole rings is 1. The Labute approximate surface area is 180 Å². The summed E-state index contributed by atoms with van der Waals surface area (Å²) < 4.78 is 29.9. The van der Waals surface area contributed by atoms with Crippen LogP contribution in [0.15, 0.2) is 53.7 Å². The second-order valence-electron chi connectivity index (χ2n) is 7.98. The fourth-order valence-corrected chi connectivity index (χ4v) is 6.03. The van der Waals surface area contributed by atoms with Gasteiger partial charge in [0, 0.05) is 23.7 Å². The molecule has 31 heavy (non-hydrogen) atoms. The van der Waals surface area contributed by atoms with E-state index in [9.17, 15) is 13.2 Å². The lowest BCUT2D eigenvalue weighted by Gasteiger charge is -2.30. The molecule has 9 heteroatoms. The summed E-state index contributed by atoms with van der Waals surface area (Å²) in [5.74, 6) is 0.884. The van der Waals surface area contributed by atoms with Crippen LogP contribution in [-0.4, -0.2) is 39.4 Å². The van der Waals surface area contributed by atoms with Crippen molar-refractivity contribution in [1.82, 2.24) is 23.8 Å². The molecule has 0 saturated heterocycles. The van der Waals surface area contributed by atoms with E-state index in [-0.39, 0.29) is 17.0 Å². The minimum Gasteiger partial charge on any atom is -0.356 e. The second-order valence-corrected chi connectivity index (χ2v) is 9.79. The zero-order chi connectivity index (χ0) is 21.6. The molecule has 4 aromatic rings. The monoisotopic (exact) mass is 437 g/mol. The number of carbonyl (C=O) groups is 1. The fourth-order valence-electron chi connectivity index (χ4n) is 4.71. The van der Waals surface area contributed by atoms with Crippen molar-refractivity contribution >= 4 is 38.5 Å². The third-order valence-electron chi connectivity index (χ3n) is 6.17. The first-order valence-corrected chi connectivity index (χ1v) is 11.8. The Morgan fingerprint density at radius 2 is 1.84 bits per heavy atom. The molecule has 3 heterocycles. The van der Waals surface area contributed by atoms with Crippen molar-refractivity contribution < 1.29 is 13.2 Å². The molecular weight excluding hydrogens is 414 g/mol. The number of pyridine rings is 1.